The van der Waals surface area contributed by atoms with E-state index in [2.05, 4.69) is 57.8 Å². The van der Waals surface area contributed by atoms with Crippen molar-refractivity contribution in [2.45, 2.75) is 37.5 Å². The number of hydrogen-bond acceptors (Lipinski definition) is 4. The number of aromatic nitrogens is 2. The molecule has 162 valence electrons. The van der Waals surface area contributed by atoms with Gasteiger partial charge in [0.25, 0.3) is 0 Å². The Morgan fingerprint density at radius 1 is 0.938 bits per heavy atom. The highest BCUT2D eigenvalue weighted by atomic mass is 16.2. The van der Waals surface area contributed by atoms with Gasteiger partial charge in [0.2, 0.25) is 5.91 Å². The zero-order chi connectivity index (χ0) is 21.7. The van der Waals surface area contributed by atoms with Crippen LogP contribution in [0.2, 0.25) is 0 Å². The van der Waals surface area contributed by atoms with E-state index < -0.39 is 0 Å². The van der Waals surface area contributed by atoms with Gasteiger partial charge >= 0.3 is 0 Å². The van der Waals surface area contributed by atoms with Crippen LogP contribution in [0.4, 0.5) is 5.82 Å². The van der Waals surface area contributed by atoms with Crippen LogP contribution in [0.1, 0.15) is 48.6 Å². The van der Waals surface area contributed by atoms with Gasteiger partial charge < -0.3 is 9.80 Å². The number of fused-ring (bicyclic) bond motifs is 1. The van der Waals surface area contributed by atoms with E-state index in [9.17, 15) is 4.79 Å². The summed E-state index contributed by atoms with van der Waals surface area (Å²) in [6.45, 7) is 6.52. The van der Waals surface area contributed by atoms with Gasteiger partial charge in [0.05, 0.1) is 5.52 Å². The van der Waals surface area contributed by atoms with Crippen LogP contribution in [-0.2, 0) is 4.79 Å². The molecular formula is C27H28N4O. The van der Waals surface area contributed by atoms with E-state index in [0.29, 0.717) is 19.0 Å². The number of hydrogen-bond donors (Lipinski definition) is 0. The number of rotatable bonds is 5. The van der Waals surface area contributed by atoms with Gasteiger partial charge in [-0.1, -0.05) is 30.8 Å². The second kappa shape index (κ2) is 7.73. The Hall–Kier alpha value is -3.21. The fraction of sp³-hybridized carbons (Fsp3) is 0.370. The van der Waals surface area contributed by atoms with Crippen molar-refractivity contribution in [3.05, 3.63) is 66.5 Å². The fourth-order valence-corrected chi connectivity index (χ4v) is 4.96. The zero-order valence-electron chi connectivity index (χ0n) is 18.3. The van der Waals surface area contributed by atoms with Crippen molar-refractivity contribution in [1.82, 2.24) is 14.9 Å². The molecule has 0 spiro atoms. The molecule has 3 aliphatic rings. The first-order chi connectivity index (χ1) is 15.7. The summed E-state index contributed by atoms with van der Waals surface area (Å²) < 4.78 is 0. The van der Waals surface area contributed by atoms with Crippen LogP contribution in [0.25, 0.3) is 22.0 Å². The molecule has 0 bridgehead atoms. The Labute approximate surface area is 188 Å². The maximum atomic E-state index is 12.0. The molecule has 1 amide bonds. The fourth-order valence-electron chi connectivity index (χ4n) is 4.96. The number of amides is 1. The molecule has 32 heavy (non-hydrogen) atoms. The molecule has 3 fully saturated rings. The van der Waals surface area contributed by atoms with Gasteiger partial charge in [0, 0.05) is 31.6 Å². The highest BCUT2D eigenvalue weighted by Crippen LogP contribution is 2.47. The van der Waals surface area contributed by atoms with E-state index in [4.69, 9.17) is 0 Å². The summed E-state index contributed by atoms with van der Waals surface area (Å²) in [4.78, 5) is 25.4. The van der Waals surface area contributed by atoms with Gasteiger partial charge in [-0.05, 0) is 78.0 Å². The predicted molar refractivity (Wildman–Crippen MR) is 128 cm³/mol. The van der Waals surface area contributed by atoms with Crippen LogP contribution in [0.15, 0.2) is 55.4 Å². The lowest BCUT2D eigenvalue weighted by Crippen LogP contribution is -2.48. The molecule has 2 saturated carbocycles. The Kier molecular flexibility index (Phi) is 4.71. The van der Waals surface area contributed by atoms with Crippen LogP contribution < -0.4 is 4.90 Å². The highest BCUT2D eigenvalue weighted by molar-refractivity contribution is 5.94. The minimum Gasteiger partial charge on any atom is -0.352 e. The van der Waals surface area contributed by atoms with Crippen LogP contribution in [-0.4, -0.2) is 47.0 Å². The van der Waals surface area contributed by atoms with Crippen molar-refractivity contribution < 1.29 is 4.79 Å². The molecule has 2 heterocycles. The van der Waals surface area contributed by atoms with Gasteiger partial charge in [-0.25, -0.2) is 9.97 Å². The summed E-state index contributed by atoms with van der Waals surface area (Å²) in [5.41, 5.74) is 6.51. The average Bonchev–Trinajstić information content (AvgIpc) is 3.76. The van der Waals surface area contributed by atoms with Crippen LogP contribution >= 0.6 is 0 Å². The molecule has 0 radical (unpaired) electrons. The molecule has 1 aromatic heterocycles. The Morgan fingerprint density at radius 3 is 2.31 bits per heavy atom. The first-order valence-electron chi connectivity index (χ1n) is 11.8. The number of carbonyl (C=O) groups is 1. The van der Waals surface area contributed by atoms with E-state index in [1.165, 1.54) is 54.0 Å². The Morgan fingerprint density at radius 2 is 1.66 bits per heavy atom. The normalized spacial score (nSPS) is 18.8. The summed E-state index contributed by atoms with van der Waals surface area (Å²) in [5, 5.41) is 1.10. The van der Waals surface area contributed by atoms with Crippen molar-refractivity contribution in [3.8, 4) is 11.1 Å². The standard InChI is InChI=1S/C27H28N4O/c1-2-26(32)30-11-13-31(14-12-30)27-24-15-22(20-7-5-19(6-8-20)18-3-4-18)23(21-9-10-21)16-25(24)28-17-29-27/h2,5-8,15-18,21H,1,3-4,9-14H2. The SMILES string of the molecule is C=CC(=O)N1CCN(c2ncnc3cc(C4CC4)c(-c4ccc(C5CC5)cc4)cc23)CC1. The van der Waals surface area contributed by atoms with Gasteiger partial charge in [-0.2, -0.15) is 0 Å². The first-order valence-corrected chi connectivity index (χ1v) is 11.8. The zero-order valence-corrected chi connectivity index (χ0v) is 18.3. The van der Waals surface area contributed by atoms with Gasteiger partial charge in [0.15, 0.2) is 0 Å². The molecule has 0 atom stereocenters. The molecule has 2 aromatic carbocycles. The van der Waals surface area contributed by atoms with E-state index >= 15 is 0 Å². The van der Waals surface area contributed by atoms with Crippen molar-refractivity contribution in [3.63, 3.8) is 0 Å². The number of piperazine rings is 1. The van der Waals surface area contributed by atoms with Crippen molar-refractivity contribution in [2.75, 3.05) is 31.1 Å². The second-order valence-corrected chi connectivity index (χ2v) is 9.34. The molecule has 0 N–H and O–H groups in total. The third kappa shape index (κ3) is 3.56. The number of carbonyl (C=O) groups excluding carboxylic acids is 1. The molecule has 3 aromatic rings. The smallest absolute Gasteiger partial charge is 0.246 e. The van der Waals surface area contributed by atoms with Gasteiger partial charge in [-0.3, -0.25) is 4.79 Å². The molecule has 5 nitrogen and oxygen atoms in total. The third-order valence-corrected chi connectivity index (χ3v) is 7.14. The minimum absolute atomic E-state index is 0.00296. The van der Waals surface area contributed by atoms with Crippen LogP contribution in [0.5, 0.6) is 0 Å². The van der Waals surface area contributed by atoms with Crippen LogP contribution in [0.3, 0.4) is 0 Å². The average molecular weight is 425 g/mol. The molecule has 2 aliphatic carbocycles. The van der Waals surface area contributed by atoms with Gasteiger partial charge in [0.1, 0.15) is 12.1 Å². The minimum atomic E-state index is 0.00296. The summed E-state index contributed by atoms with van der Waals surface area (Å²) >= 11 is 0. The maximum absolute atomic E-state index is 12.0. The van der Waals surface area contributed by atoms with Crippen molar-refractivity contribution in [1.29, 1.82) is 0 Å². The van der Waals surface area contributed by atoms with E-state index in [1.807, 2.05) is 4.90 Å². The molecule has 1 aliphatic heterocycles. The topological polar surface area (TPSA) is 49.3 Å². The Bertz CT molecular complexity index is 1190. The maximum Gasteiger partial charge on any atom is 0.246 e. The molecule has 5 heteroatoms. The number of nitrogens with zero attached hydrogens (tertiary/aromatic N) is 4. The quantitative estimate of drug-likeness (QED) is 0.548. The number of benzene rings is 2. The lowest BCUT2D eigenvalue weighted by molar-refractivity contribution is -0.126. The summed E-state index contributed by atoms with van der Waals surface area (Å²) in [6, 6.07) is 13.8. The lowest BCUT2D eigenvalue weighted by Gasteiger charge is -2.35. The molecule has 0 unspecified atom stereocenters. The highest BCUT2D eigenvalue weighted by Gasteiger charge is 2.29. The molecular weight excluding hydrogens is 396 g/mol. The van der Waals surface area contributed by atoms with E-state index in [-0.39, 0.29) is 5.91 Å². The third-order valence-electron chi connectivity index (χ3n) is 7.14. The van der Waals surface area contributed by atoms with E-state index in [1.54, 1.807) is 6.33 Å². The summed E-state index contributed by atoms with van der Waals surface area (Å²) in [7, 11) is 0. The monoisotopic (exact) mass is 424 g/mol. The predicted octanol–water partition coefficient (Wildman–Crippen LogP) is 4.89. The lowest BCUT2D eigenvalue weighted by atomic mass is 9.93. The van der Waals surface area contributed by atoms with Crippen LogP contribution in [0, 0.1) is 0 Å². The molecule has 6 rings (SSSR count). The Balaban J connectivity index is 1.38. The summed E-state index contributed by atoms with van der Waals surface area (Å²) in [6.07, 6.45) is 8.26. The molecule has 1 saturated heterocycles. The van der Waals surface area contributed by atoms with Crippen molar-refractivity contribution >= 4 is 22.6 Å². The van der Waals surface area contributed by atoms with Crippen molar-refractivity contribution in [2.24, 2.45) is 0 Å². The summed E-state index contributed by atoms with van der Waals surface area (Å²) in [5.74, 6) is 2.39. The second-order valence-electron chi connectivity index (χ2n) is 9.34. The van der Waals surface area contributed by atoms with E-state index in [0.717, 1.165) is 35.7 Å². The first kappa shape index (κ1) is 19.5. The number of anilines is 1. The largest absolute Gasteiger partial charge is 0.352 e. The van der Waals surface area contributed by atoms with Gasteiger partial charge in [-0.15, -0.1) is 0 Å².